The van der Waals surface area contributed by atoms with Crippen LogP contribution in [0.2, 0.25) is 0 Å². The predicted molar refractivity (Wildman–Crippen MR) is 87.8 cm³/mol. The molecule has 2 heterocycles. The van der Waals surface area contributed by atoms with E-state index >= 15 is 0 Å². The molecule has 0 radical (unpaired) electrons. The second-order valence-electron chi connectivity index (χ2n) is 5.34. The van der Waals surface area contributed by atoms with Crippen LogP contribution in [-0.4, -0.2) is 9.97 Å². The molecule has 22 heavy (non-hydrogen) atoms. The molecule has 0 aliphatic heterocycles. The van der Waals surface area contributed by atoms with Gasteiger partial charge in [-0.05, 0) is 24.6 Å². The Morgan fingerprint density at radius 2 is 1.82 bits per heavy atom. The van der Waals surface area contributed by atoms with Gasteiger partial charge < -0.3 is 9.73 Å². The minimum atomic E-state index is 0.698. The molecule has 1 N–H and O–H groups in total. The van der Waals surface area contributed by atoms with Crippen LogP contribution in [0.4, 0.5) is 5.82 Å². The molecule has 0 spiro atoms. The number of rotatable bonds is 3. The highest BCUT2D eigenvalue weighted by Crippen LogP contribution is 2.30. The van der Waals surface area contributed by atoms with Gasteiger partial charge in [-0.2, -0.15) is 0 Å². The molecule has 0 unspecified atom stereocenters. The fraction of sp³-hybridized carbons (Fsp3) is 0.111. The Balaban J connectivity index is 1.70. The van der Waals surface area contributed by atoms with E-state index in [4.69, 9.17) is 4.42 Å². The first kappa shape index (κ1) is 12.8. The van der Waals surface area contributed by atoms with Crippen LogP contribution >= 0.6 is 0 Å². The van der Waals surface area contributed by atoms with Crippen molar-refractivity contribution in [3.63, 3.8) is 0 Å². The number of nitrogens with zero attached hydrogens (tertiary/aromatic N) is 2. The van der Waals surface area contributed by atoms with E-state index in [1.165, 1.54) is 11.1 Å². The van der Waals surface area contributed by atoms with Gasteiger partial charge in [0.05, 0.1) is 0 Å². The smallest absolute Gasteiger partial charge is 0.196 e. The fourth-order valence-electron chi connectivity index (χ4n) is 2.54. The highest BCUT2D eigenvalue weighted by atomic mass is 16.3. The maximum absolute atomic E-state index is 5.90. The number of fused-ring (bicyclic) bond motifs is 3. The number of anilines is 1. The van der Waals surface area contributed by atoms with Gasteiger partial charge in [0.15, 0.2) is 11.4 Å². The van der Waals surface area contributed by atoms with Gasteiger partial charge in [0, 0.05) is 11.9 Å². The number of aromatic nitrogens is 2. The van der Waals surface area contributed by atoms with Crippen LogP contribution in [0.3, 0.4) is 0 Å². The summed E-state index contributed by atoms with van der Waals surface area (Å²) in [6, 6.07) is 16.3. The molecule has 108 valence electrons. The van der Waals surface area contributed by atoms with Gasteiger partial charge in [0.1, 0.15) is 17.4 Å². The van der Waals surface area contributed by atoms with E-state index in [0.29, 0.717) is 12.1 Å². The van der Waals surface area contributed by atoms with Crippen molar-refractivity contribution in [3.8, 4) is 0 Å². The van der Waals surface area contributed by atoms with Gasteiger partial charge in [-0.25, -0.2) is 9.97 Å². The molecular weight excluding hydrogens is 274 g/mol. The van der Waals surface area contributed by atoms with E-state index in [9.17, 15) is 0 Å². The Bertz CT molecular complexity index is 942. The zero-order valence-corrected chi connectivity index (χ0v) is 12.2. The van der Waals surface area contributed by atoms with Crippen LogP contribution in [-0.2, 0) is 6.54 Å². The third kappa shape index (κ3) is 2.19. The van der Waals surface area contributed by atoms with Crippen molar-refractivity contribution in [3.05, 3.63) is 66.0 Å². The van der Waals surface area contributed by atoms with Crippen LogP contribution in [0.1, 0.15) is 11.1 Å². The first-order valence-corrected chi connectivity index (χ1v) is 7.23. The van der Waals surface area contributed by atoms with E-state index in [-0.39, 0.29) is 0 Å². The molecule has 0 fully saturated rings. The summed E-state index contributed by atoms with van der Waals surface area (Å²) >= 11 is 0. The summed E-state index contributed by atoms with van der Waals surface area (Å²) in [5, 5.41) is 4.35. The first-order valence-electron chi connectivity index (χ1n) is 7.23. The second kappa shape index (κ2) is 5.15. The molecule has 0 aliphatic carbocycles. The molecule has 0 atom stereocenters. The lowest BCUT2D eigenvalue weighted by atomic mass is 10.1. The highest BCUT2D eigenvalue weighted by Gasteiger charge is 2.12. The molecule has 0 aliphatic rings. The van der Waals surface area contributed by atoms with Crippen molar-refractivity contribution in [2.45, 2.75) is 13.5 Å². The van der Waals surface area contributed by atoms with Crippen LogP contribution in [0.25, 0.3) is 22.1 Å². The van der Waals surface area contributed by atoms with E-state index in [2.05, 4.69) is 46.5 Å². The van der Waals surface area contributed by atoms with Gasteiger partial charge in [-0.15, -0.1) is 0 Å². The van der Waals surface area contributed by atoms with Gasteiger partial charge in [-0.3, -0.25) is 0 Å². The molecule has 0 saturated heterocycles. The number of benzene rings is 2. The number of para-hydroxylation sites is 1. The summed E-state index contributed by atoms with van der Waals surface area (Å²) in [5.74, 6) is 0.724. The van der Waals surface area contributed by atoms with Crippen LogP contribution in [0.5, 0.6) is 0 Å². The SMILES string of the molecule is Cc1ccc(CNc2ncnc3c2oc2ccccc23)cc1. The number of hydrogen-bond acceptors (Lipinski definition) is 4. The molecule has 0 bridgehead atoms. The average Bonchev–Trinajstić information content (AvgIpc) is 2.94. The lowest BCUT2D eigenvalue weighted by Gasteiger charge is -2.06. The van der Waals surface area contributed by atoms with E-state index in [1.54, 1.807) is 6.33 Å². The summed E-state index contributed by atoms with van der Waals surface area (Å²) in [4.78, 5) is 8.67. The largest absolute Gasteiger partial charge is 0.450 e. The predicted octanol–water partition coefficient (Wildman–Crippen LogP) is 4.30. The summed E-state index contributed by atoms with van der Waals surface area (Å²) in [6.07, 6.45) is 1.57. The number of furan rings is 1. The Morgan fingerprint density at radius 1 is 1.00 bits per heavy atom. The third-order valence-electron chi connectivity index (χ3n) is 3.74. The van der Waals surface area contributed by atoms with Crippen LogP contribution in [0.15, 0.2) is 59.3 Å². The molecule has 2 aromatic carbocycles. The molecule has 0 amide bonds. The molecule has 4 nitrogen and oxygen atoms in total. The van der Waals surface area contributed by atoms with Crippen LogP contribution < -0.4 is 5.32 Å². The van der Waals surface area contributed by atoms with Crippen molar-refractivity contribution in [2.24, 2.45) is 0 Å². The van der Waals surface area contributed by atoms with E-state index < -0.39 is 0 Å². The van der Waals surface area contributed by atoms with Gasteiger partial charge in [0.25, 0.3) is 0 Å². The quantitative estimate of drug-likeness (QED) is 0.611. The maximum Gasteiger partial charge on any atom is 0.196 e. The van der Waals surface area contributed by atoms with Crippen molar-refractivity contribution < 1.29 is 4.42 Å². The summed E-state index contributed by atoms with van der Waals surface area (Å²) < 4.78 is 5.90. The highest BCUT2D eigenvalue weighted by molar-refractivity contribution is 6.05. The van der Waals surface area contributed by atoms with Crippen molar-refractivity contribution in [1.29, 1.82) is 0 Å². The summed E-state index contributed by atoms with van der Waals surface area (Å²) in [6.45, 7) is 2.78. The van der Waals surface area contributed by atoms with Gasteiger partial charge in [-0.1, -0.05) is 42.0 Å². The molecule has 0 saturated carbocycles. The first-order chi connectivity index (χ1) is 10.8. The van der Waals surface area contributed by atoms with E-state index in [1.807, 2.05) is 24.3 Å². The summed E-state index contributed by atoms with van der Waals surface area (Å²) in [5.41, 5.74) is 4.84. The Kier molecular flexibility index (Phi) is 3.00. The molecular formula is C18H15N3O. The number of aryl methyl sites for hydroxylation is 1. The lowest BCUT2D eigenvalue weighted by Crippen LogP contribution is -2.01. The minimum Gasteiger partial charge on any atom is -0.450 e. The standard InChI is InChI=1S/C18H15N3O/c1-12-6-8-13(9-7-12)10-19-18-17-16(20-11-21-18)14-4-2-3-5-15(14)22-17/h2-9,11H,10H2,1H3,(H,19,20,21). The Labute approximate surface area is 127 Å². The lowest BCUT2D eigenvalue weighted by molar-refractivity contribution is 0.666. The maximum atomic E-state index is 5.90. The molecule has 2 aromatic heterocycles. The van der Waals surface area contributed by atoms with Gasteiger partial charge >= 0.3 is 0 Å². The monoisotopic (exact) mass is 289 g/mol. The average molecular weight is 289 g/mol. The van der Waals surface area contributed by atoms with Gasteiger partial charge in [0.2, 0.25) is 0 Å². The Morgan fingerprint density at radius 3 is 2.68 bits per heavy atom. The third-order valence-corrected chi connectivity index (χ3v) is 3.74. The van der Waals surface area contributed by atoms with Crippen LogP contribution in [0, 0.1) is 6.92 Å². The van der Waals surface area contributed by atoms with E-state index in [0.717, 1.165) is 22.3 Å². The normalized spacial score (nSPS) is 11.1. The second-order valence-corrected chi connectivity index (χ2v) is 5.34. The minimum absolute atomic E-state index is 0.698. The van der Waals surface area contributed by atoms with Crippen molar-refractivity contribution in [1.82, 2.24) is 9.97 Å². The molecule has 4 heteroatoms. The number of hydrogen-bond donors (Lipinski definition) is 1. The summed E-state index contributed by atoms with van der Waals surface area (Å²) in [7, 11) is 0. The molecule has 4 aromatic rings. The van der Waals surface area contributed by atoms with Crippen molar-refractivity contribution >= 4 is 27.9 Å². The zero-order chi connectivity index (χ0) is 14.9. The zero-order valence-electron chi connectivity index (χ0n) is 12.2. The fourth-order valence-corrected chi connectivity index (χ4v) is 2.54. The number of nitrogens with one attached hydrogen (secondary N) is 1. The van der Waals surface area contributed by atoms with Crippen molar-refractivity contribution in [2.75, 3.05) is 5.32 Å². The molecule has 4 rings (SSSR count). The topological polar surface area (TPSA) is 51.0 Å². The Hall–Kier alpha value is -2.88.